The van der Waals surface area contributed by atoms with Crippen molar-refractivity contribution in [2.45, 2.75) is 52.4 Å². The Kier molecular flexibility index (Phi) is 7.86. The number of nitrogens with zero attached hydrogens (tertiary/aromatic N) is 3. The second-order valence-corrected chi connectivity index (χ2v) is 16.1. The van der Waals surface area contributed by atoms with E-state index in [1.165, 1.54) is 5.56 Å². The van der Waals surface area contributed by atoms with E-state index in [1.807, 2.05) is 37.5 Å². The summed E-state index contributed by atoms with van der Waals surface area (Å²) in [5.41, 5.74) is 2.97. The lowest BCUT2D eigenvalue weighted by Crippen LogP contribution is -2.31. The number of hydrogen-bond acceptors (Lipinski definition) is 6. The van der Waals surface area contributed by atoms with Crippen molar-refractivity contribution in [2.75, 3.05) is 31.1 Å². The molecular weight excluding hydrogens is 486 g/mol. The lowest BCUT2D eigenvalue weighted by Gasteiger charge is -2.27. The largest absolute Gasteiger partial charge is 0.460 e. The van der Waals surface area contributed by atoms with Crippen LogP contribution in [0.25, 0.3) is 11.0 Å². The number of benzene rings is 1. The molecule has 1 aromatic carbocycles. The van der Waals surface area contributed by atoms with Crippen LogP contribution in [-0.2, 0) is 33.8 Å². The van der Waals surface area contributed by atoms with Gasteiger partial charge >= 0.3 is 5.97 Å². The zero-order valence-corrected chi connectivity index (χ0v) is 23.5. The highest BCUT2D eigenvalue weighted by molar-refractivity contribution is 8.32. The highest BCUT2D eigenvalue weighted by Gasteiger charge is 2.29. The highest BCUT2D eigenvalue weighted by Crippen LogP contribution is 2.36. The normalized spacial score (nSPS) is 16.2. The Morgan fingerprint density at radius 3 is 2.70 bits per heavy atom. The number of nitriles is 1. The predicted molar refractivity (Wildman–Crippen MR) is 149 cm³/mol. The molecule has 37 heavy (non-hydrogen) atoms. The fraction of sp³-hybridized carbons (Fsp3) is 0.483. The molecule has 0 amide bonds. The molecule has 7 nitrogen and oxygen atoms in total. The highest BCUT2D eigenvalue weighted by atomic mass is 32.3. The van der Waals surface area contributed by atoms with Crippen LogP contribution in [0.3, 0.4) is 0 Å². The van der Waals surface area contributed by atoms with Gasteiger partial charge in [0.25, 0.3) is 0 Å². The monoisotopic (exact) mass is 523 g/mol. The van der Waals surface area contributed by atoms with Gasteiger partial charge in [0.1, 0.15) is 35.5 Å². The van der Waals surface area contributed by atoms with Gasteiger partial charge in [0, 0.05) is 18.1 Å². The Morgan fingerprint density at radius 2 is 2.00 bits per heavy atom. The van der Waals surface area contributed by atoms with E-state index in [9.17, 15) is 10.1 Å². The Labute approximate surface area is 221 Å². The van der Waals surface area contributed by atoms with E-state index < -0.39 is 15.6 Å². The van der Waals surface area contributed by atoms with Crippen LogP contribution in [-0.4, -0.2) is 52.2 Å². The van der Waals surface area contributed by atoms with Crippen molar-refractivity contribution in [1.29, 1.82) is 5.26 Å². The molecule has 0 fully saturated rings. The van der Waals surface area contributed by atoms with Crippen LogP contribution in [0, 0.1) is 17.2 Å². The first-order valence-electron chi connectivity index (χ1n) is 12.6. The Bertz CT molecular complexity index is 1330. The maximum atomic E-state index is 12.7. The molecule has 0 saturated carbocycles. The summed E-state index contributed by atoms with van der Waals surface area (Å²) in [7, 11) is -0.633. The summed E-state index contributed by atoms with van der Waals surface area (Å²) in [6, 6.07) is 10.1. The van der Waals surface area contributed by atoms with E-state index in [0.717, 1.165) is 24.2 Å². The molecule has 1 unspecified atom stereocenters. The number of ether oxygens (including phenoxy) is 3. The van der Waals surface area contributed by atoms with Crippen LogP contribution in [0.1, 0.15) is 43.9 Å². The maximum absolute atomic E-state index is 12.7. The fourth-order valence-corrected chi connectivity index (χ4v) is 5.05. The van der Waals surface area contributed by atoms with Crippen LogP contribution in [0.15, 0.2) is 36.7 Å². The zero-order chi connectivity index (χ0) is 26.8. The van der Waals surface area contributed by atoms with Crippen LogP contribution < -0.4 is 4.74 Å². The number of pyridine rings is 1. The van der Waals surface area contributed by atoms with Gasteiger partial charge in [-0.1, -0.05) is 6.07 Å². The molecular formula is C29H37N3O4S. The smallest absolute Gasteiger partial charge is 0.309 e. The number of carbonyl (C=O) groups excluding carboxylic acids is 1. The van der Waals surface area contributed by atoms with Gasteiger partial charge < -0.3 is 18.8 Å². The molecule has 0 bridgehead atoms. The fourth-order valence-electron chi connectivity index (χ4n) is 4.44. The minimum atomic E-state index is -0.633. The molecule has 4 rings (SSSR count). The summed E-state index contributed by atoms with van der Waals surface area (Å²) in [5.74, 6) is 1.95. The van der Waals surface area contributed by atoms with Crippen LogP contribution in [0.5, 0.6) is 11.5 Å². The molecule has 0 N–H and O–H groups in total. The average molecular weight is 524 g/mol. The summed E-state index contributed by atoms with van der Waals surface area (Å²) in [6.45, 7) is 6.67. The Morgan fingerprint density at radius 1 is 1.22 bits per heavy atom. The first-order chi connectivity index (χ1) is 17.4. The molecule has 1 aliphatic rings. The molecule has 0 radical (unpaired) electrons. The van der Waals surface area contributed by atoms with Gasteiger partial charge in [-0.05, 0) is 88.1 Å². The van der Waals surface area contributed by atoms with Crippen molar-refractivity contribution in [3.05, 3.63) is 53.3 Å². The zero-order valence-electron chi connectivity index (χ0n) is 22.7. The lowest BCUT2D eigenvalue weighted by molar-refractivity contribution is -0.160. The van der Waals surface area contributed by atoms with Crippen molar-refractivity contribution < 1.29 is 19.0 Å². The second-order valence-electron chi connectivity index (χ2n) is 11.5. The lowest BCUT2D eigenvalue weighted by atomic mass is 9.84. The number of esters is 1. The number of rotatable bonds is 8. The topological polar surface area (TPSA) is 86.4 Å². The van der Waals surface area contributed by atoms with Gasteiger partial charge in [0.2, 0.25) is 0 Å². The Hall–Kier alpha value is -3.02. The number of aromatic nitrogens is 2. The quantitative estimate of drug-likeness (QED) is 0.273. The minimum absolute atomic E-state index is 0.147. The van der Waals surface area contributed by atoms with Crippen molar-refractivity contribution in [1.82, 2.24) is 9.55 Å². The molecule has 0 aliphatic heterocycles. The van der Waals surface area contributed by atoms with E-state index in [1.54, 1.807) is 18.5 Å². The van der Waals surface area contributed by atoms with Gasteiger partial charge in [0.05, 0.1) is 23.5 Å². The third kappa shape index (κ3) is 6.85. The first-order valence-corrected chi connectivity index (χ1v) is 15.6. The summed E-state index contributed by atoms with van der Waals surface area (Å²) < 4.78 is 19.7. The summed E-state index contributed by atoms with van der Waals surface area (Å²) in [4.78, 5) is 17.2. The summed E-state index contributed by atoms with van der Waals surface area (Å²) in [6.07, 6.45) is 12.5. The van der Waals surface area contributed by atoms with Gasteiger partial charge in [-0.2, -0.15) is 5.26 Å². The molecule has 1 aliphatic carbocycles. The molecule has 0 saturated heterocycles. The standard InChI is InChI=1S/C29H37N3O4S/c1-29(2,3)36-28(33)21-8-7-20-9-10-24(16-22(20)15-21)35-25-11-12-31-27-26(25)23(17-30)18-32(27)19-34-13-14-37(4,5)6/h9-12,16,18,21H,7-8,13-15,19H2,1-6H3. The minimum Gasteiger partial charge on any atom is -0.460 e. The molecule has 2 heterocycles. The SMILES string of the molecule is CC(C)(C)OC(=O)C1CCc2ccc(Oc3ccnc4c3c(C#N)cn4COCCS(C)(C)C)cc2C1. The summed E-state index contributed by atoms with van der Waals surface area (Å²) in [5, 5.41) is 10.5. The first kappa shape index (κ1) is 27.0. The van der Waals surface area contributed by atoms with Crippen LogP contribution >= 0.6 is 10.0 Å². The predicted octanol–water partition coefficient (Wildman–Crippen LogP) is 5.81. The molecule has 198 valence electrons. The molecule has 0 spiro atoms. The molecule has 8 heteroatoms. The average Bonchev–Trinajstić information content (AvgIpc) is 3.18. The number of hydrogen-bond donors (Lipinski definition) is 0. The Balaban J connectivity index is 1.54. The number of carbonyl (C=O) groups is 1. The third-order valence-electron chi connectivity index (χ3n) is 6.28. The van der Waals surface area contributed by atoms with E-state index in [0.29, 0.717) is 47.9 Å². The second kappa shape index (κ2) is 10.8. The van der Waals surface area contributed by atoms with Crippen LogP contribution in [0.4, 0.5) is 0 Å². The van der Waals surface area contributed by atoms with Crippen LogP contribution in [0.2, 0.25) is 0 Å². The third-order valence-corrected chi connectivity index (χ3v) is 7.68. The van der Waals surface area contributed by atoms with Gasteiger partial charge in [-0.15, -0.1) is 0 Å². The maximum Gasteiger partial charge on any atom is 0.309 e. The summed E-state index contributed by atoms with van der Waals surface area (Å²) >= 11 is 0. The molecule has 1 atom stereocenters. The van der Waals surface area contributed by atoms with Gasteiger partial charge in [-0.3, -0.25) is 4.79 Å². The molecule has 2 aromatic heterocycles. The molecule has 3 aromatic rings. The van der Waals surface area contributed by atoms with E-state index in [4.69, 9.17) is 14.2 Å². The van der Waals surface area contributed by atoms with Crippen molar-refractivity contribution in [3.63, 3.8) is 0 Å². The van der Waals surface area contributed by atoms with E-state index >= 15 is 0 Å². The number of aryl methyl sites for hydroxylation is 1. The number of fused-ring (bicyclic) bond motifs is 2. The van der Waals surface area contributed by atoms with Crippen molar-refractivity contribution >= 4 is 27.0 Å². The van der Waals surface area contributed by atoms with Crippen molar-refractivity contribution in [2.24, 2.45) is 5.92 Å². The van der Waals surface area contributed by atoms with E-state index in [2.05, 4.69) is 35.9 Å². The van der Waals surface area contributed by atoms with Gasteiger partial charge in [0.15, 0.2) is 0 Å². The van der Waals surface area contributed by atoms with Crippen molar-refractivity contribution in [3.8, 4) is 17.6 Å². The van der Waals surface area contributed by atoms with Gasteiger partial charge in [-0.25, -0.2) is 15.0 Å². The van der Waals surface area contributed by atoms with E-state index in [-0.39, 0.29) is 11.9 Å².